The van der Waals surface area contributed by atoms with Crippen molar-refractivity contribution >= 4 is 29.6 Å². The number of ether oxygens (including phenoxy) is 1. The second kappa shape index (κ2) is 7.79. The van der Waals surface area contributed by atoms with Crippen LogP contribution in [0.15, 0.2) is 36.5 Å². The third kappa shape index (κ3) is 4.02. The van der Waals surface area contributed by atoms with Gasteiger partial charge in [-0.15, -0.1) is 0 Å². The van der Waals surface area contributed by atoms with Gasteiger partial charge in [0.1, 0.15) is 0 Å². The summed E-state index contributed by atoms with van der Waals surface area (Å²) in [5, 5.41) is 7.08. The Labute approximate surface area is 145 Å². The number of rotatable bonds is 5. The van der Waals surface area contributed by atoms with Crippen molar-refractivity contribution in [2.24, 2.45) is 7.05 Å². The molecule has 0 radical (unpaired) electrons. The monoisotopic (exact) mass is 347 g/mol. The summed E-state index contributed by atoms with van der Waals surface area (Å²) >= 11 is 6.11. The van der Waals surface area contributed by atoms with Crippen molar-refractivity contribution in [3.05, 3.63) is 58.4 Å². The maximum Gasteiger partial charge on any atom is 0.333 e. The molecule has 1 heterocycles. The molecule has 0 aliphatic heterocycles. The zero-order chi connectivity index (χ0) is 17.7. The van der Waals surface area contributed by atoms with E-state index in [-0.39, 0.29) is 0 Å². The quantitative estimate of drug-likeness (QED) is 0.666. The molecule has 6 nitrogen and oxygen atoms in total. The number of carbonyl (C=O) groups is 2. The first-order valence-electron chi connectivity index (χ1n) is 7.23. The smallest absolute Gasteiger partial charge is 0.333 e. The summed E-state index contributed by atoms with van der Waals surface area (Å²) in [5.74, 6) is -1.03. The summed E-state index contributed by atoms with van der Waals surface area (Å²) in [6.07, 6.45) is 4.64. The molecule has 1 unspecified atom stereocenters. The summed E-state index contributed by atoms with van der Waals surface area (Å²) in [7, 11) is 3.07. The van der Waals surface area contributed by atoms with E-state index in [0.717, 1.165) is 11.3 Å². The molecule has 1 amide bonds. The first-order chi connectivity index (χ1) is 11.4. The fourth-order valence-corrected chi connectivity index (χ4v) is 2.37. The molecule has 0 aliphatic rings. The van der Waals surface area contributed by atoms with E-state index < -0.39 is 17.9 Å². The van der Waals surface area contributed by atoms with Crippen molar-refractivity contribution in [1.29, 1.82) is 0 Å². The average molecular weight is 348 g/mol. The third-order valence-electron chi connectivity index (χ3n) is 3.63. The van der Waals surface area contributed by atoms with Crippen LogP contribution in [0.4, 0.5) is 0 Å². The second-order valence-electron chi connectivity index (χ2n) is 5.13. The van der Waals surface area contributed by atoms with Crippen LogP contribution in [-0.4, -0.2) is 28.8 Å². The number of carbonyl (C=O) groups excluding carboxylic acids is 2. The Bertz CT molecular complexity index is 783. The number of aromatic nitrogens is 2. The van der Waals surface area contributed by atoms with Crippen LogP contribution in [0.25, 0.3) is 6.08 Å². The maximum absolute atomic E-state index is 12.2. The van der Waals surface area contributed by atoms with Crippen molar-refractivity contribution in [3.63, 3.8) is 0 Å². The summed E-state index contributed by atoms with van der Waals surface area (Å²) in [6.45, 7) is 1.89. The fourth-order valence-electron chi connectivity index (χ4n) is 2.13. The van der Waals surface area contributed by atoms with Crippen LogP contribution in [0.5, 0.6) is 0 Å². The minimum atomic E-state index is -0.976. The lowest BCUT2D eigenvalue weighted by atomic mass is 10.1. The van der Waals surface area contributed by atoms with Crippen LogP contribution in [0.2, 0.25) is 5.02 Å². The van der Waals surface area contributed by atoms with Gasteiger partial charge in [-0.1, -0.05) is 29.8 Å². The van der Waals surface area contributed by atoms with Crippen molar-refractivity contribution in [2.75, 3.05) is 7.11 Å². The number of halogens is 1. The Hall–Kier alpha value is -2.60. The van der Waals surface area contributed by atoms with Gasteiger partial charge in [-0.2, -0.15) is 5.10 Å². The molecule has 1 aromatic carbocycles. The number of esters is 1. The Morgan fingerprint density at radius 2 is 2.08 bits per heavy atom. The molecule has 0 bridgehead atoms. The molecule has 1 atom stereocenters. The first kappa shape index (κ1) is 17.7. The molecule has 0 saturated heterocycles. The van der Waals surface area contributed by atoms with E-state index in [1.165, 1.54) is 13.2 Å². The Balaban J connectivity index is 2.18. The highest BCUT2D eigenvalue weighted by atomic mass is 35.5. The van der Waals surface area contributed by atoms with Crippen LogP contribution < -0.4 is 5.32 Å². The fraction of sp³-hybridized carbons (Fsp3) is 0.235. The number of aryl methyl sites for hydroxylation is 1. The maximum atomic E-state index is 12.2. The molecule has 0 fully saturated rings. The zero-order valence-corrected chi connectivity index (χ0v) is 14.4. The summed E-state index contributed by atoms with van der Waals surface area (Å²) in [4.78, 5) is 24.2. The number of hydrogen-bond donors (Lipinski definition) is 1. The lowest BCUT2D eigenvalue weighted by Gasteiger charge is -2.17. The first-order valence-corrected chi connectivity index (χ1v) is 7.61. The second-order valence-corrected chi connectivity index (χ2v) is 5.54. The minimum Gasteiger partial charge on any atom is -0.467 e. The van der Waals surface area contributed by atoms with Crippen LogP contribution in [-0.2, 0) is 21.4 Å². The molecule has 2 rings (SSSR count). The normalized spacial score (nSPS) is 12.2. The van der Waals surface area contributed by atoms with Gasteiger partial charge >= 0.3 is 5.97 Å². The van der Waals surface area contributed by atoms with Gasteiger partial charge in [-0.05, 0) is 19.1 Å². The Morgan fingerprint density at radius 1 is 1.38 bits per heavy atom. The number of nitrogens with one attached hydrogen (secondary N) is 1. The third-order valence-corrected chi connectivity index (χ3v) is 3.97. The zero-order valence-electron chi connectivity index (χ0n) is 13.6. The topological polar surface area (TPSA) is 73.2 Å². The van der Waals surface area contributed by atoms with Crippen LogP contribution in [0, 0.1) is 6.92 Å². The van der Waals surface area contributed by atoms with E-state index in [1.807, 2.05) is 14.0 Å². The molecule has 1 aromatic heterocycles. The molecule has 1 N–H and O–H groups in total. The number of amides is 1. The predicted octanol–water partition coefficient (Wildman–Crippen LogP) is 2.43. The van der Waals surface area contributed by atoms with Gasteiger partial charge in [0.15, 0.2) is 6.04 Å². The van der Waals surface area contributed by atoms with Crippen molar-refractivity contribution in [3.8, 4) is 0 Å². The number of nitrogens with zero attached hydrogens (tertiary/aromatic N) is 2. The van der Waals surface area contributed by atoms with Gasteiger partial charge < -0.3 is 10.1 Å². The standard InChI is InChI=1S/C17H18ClN3O3/c1-11-12(10-19-21(11)2)8-9-15(22)20-16(17(23)24-3)13-6-4-5-7-14(13)18/h4-10,16H,1-3H3,(H,20,22). The van der Waals surface area contributed by atoms with Gasteiger partial charge in [0.2, 0.25) is 5.91 Å². The largest absolute Gasteiger partial charge is 0.467 e. The van der Waals surface area contributed by atoms with Crippen molar-refractivity contribution in [1.82, 2.24) is 15.1 Å². The molecule has 0 saturated carbocycles. The van der Waals surface area contributed by atoms with E-state index >= 15 is 0 Å². The van der Waals surface area contributed by atoms with Crippen molar-refractivity contribution in [2.45, 2.75) is 13.0 Å². The molecular weight excluding hydrogens is 330 g/mol. The van der Waals surface area contributed by atoms with Gasteiger partial charge in [0.25, 0.3) is 0 Å². The molecule has 7 heteroatoms. The van der Waals surface area contributed by atoms with E-state index in [2.05, 4.69) is 10.4 Å². The predicted molar refractivity (Wildman–Crippen MR) is 91.3 cm³/mol. The van der Waals surface area contributed by atoms with Gasteiger partial charge in [-0.25, -0.2) is 4.79 Å². The molecule has 2 aromatic rings. The molecular formula is C17H18ClN3O3. The Morgan fingerprint density at radius 3 is 2.67 bits per heavy atom. The molecule has 126 valence electrons. The van der Waals surface area contributed by atoms with E-state index in [1.54, 1.807) is 41.2 Å². The van der Waals surface area contributed by atoms with E-state index in [9.17, 15) is 9.59 Å². The average Bonchev–Trinajstić information content (AvgIpc) is 2.89. The van der Waals surface area contributed by atoms with Gasteiger partial charge in [-0.3, -0.25) is 9.48 Å². The number of benzene rings is 1. The van der Waals surface area contributed by atoms with E-state index in [0.29, 0.717) is 10.6 Å². The minimum absolute atomic E-state index is 0.375. The molecule has 0 spiro atoms. The SMILES string of the molecule is COC(=O)C(NC(=O)C=Cc1cnn(C)c1C)c1ccccc1Cl. The molecule has 24 heavy (non-hydrogen) atoms. The summed E-state index contributed by atoms with van der Waals surface area (Å²) < 4.78 is 6.47. The van der Waals surface area contributed by atoms with Gasteiger partial charge in [0, 0.05) is 35.0 Å². The van der Waals surface area contributed by atoms with Crippen LogP contribution in [0.3, 0.4) is 0 Å². The lowest BCUT2D eigenvalue weighted by Crippen LogP contribution is -2.33. The van der Waals surface area contributed by atoms with Crippen molar-refractivity contribution < 1.29 is 14.3 Å². The van der Waals surface area contributed by atoms with Crippen LogP contribution >= 0.6 is 11.6 Å². The number of hydrogen-bond acceptors (Lipinski definition) is 4. The lowest BCUT2D eigenvalue weighted by molar-refractivity contribution is -0.144. The van der Waals surface area contributed by atoms with E-state index in [4.69, 9.17) is 16.3 Å². The highest BCUT2D eigenvalue weighted by Crippen LogP contribution is 2.23. The van der Waals surface area contributed by atoms with Gasteiger partial charge in [0.05, 0.1) is 13.3 Å². The highest BCUT2D eigenvalue weighted by Gasteiger charge is 2.24. The van der Waals surface area contributed by atoms with Crippen LogP contribution in [0.1, 0.15) is 22.9 Å². The summed E-state index contributed by atoms with van der Waals surface area (Å²) in [5.41, 5.74) is 2.22. The Kier molecular flexibility index (Phi) is 5.76. The highest BCUT2D eigenvalue weighted by molar-refractivity contribution is 6.31. The molecule has 0 aliphatic carbocycles. The summed E-state index contributed by atoms with van der Waals surface area (Å²) in [6, 6.07) is 5.81. The number of methoxy groups -OCH3 is 1.